The number of nitrogens with one attached hydrogen (secondary N) is 2. The Labute approximate surface area is 113 Å². The van der Waals surface area contributed by atoms with E-state index in [4.69, 9.17) is 5.11 Å². The Morgan fingerprint density at radius 2 is 2.05 bits per heavy atom. The van der Waals surface area contributed by atoms with Crippen molar-refractivity contribution in [3.8, 4) is 0 Å². The van der Waals surface area contributed by atoms with Crippen LogP contribution < -0.4 is 10.6 Å². The molecule has 6 heteroatoms. The third kappa shape index (κ3) is 3.82. The number of anilines is 1. The van der Waals surface area contributed by atoms with Gasteiger partial charge >= 0.3 is 12.0 Å². The summed E-state index contributed by atoms with van der Waals surface area (Å²) in [7, 11) is 0. The molecule has 1 aromatic carbocycles. The first-order valence-electron chi connectivity index (χ1n) is 5.56. The van der Waals surface area contributed by atoms with E-state index in [0.717, 1.165) is 4.88 Å². The molecule has 2 rings (SSSR count). The van der Waals surface area contributed by atoms with Gasteiger partial charge in [0.1, 0.15) is 0 Å². The van der Waals surface area contributed by atoms with Gasteiger partial charge in [0.15, 0.2) is 0 Å². The van der Waals surface area contributed by atoms with Gasteiger partial charge in [-0.2, -0.15) is 0 Å². The summed E-state index contributed by atoms with van der Waals surface area (Å²) < 4.78 is 0. The van der Waals surface area contributed by atoms with E-state index in [1.807, 2.05) is 17.5 Å². The Balaban J connectivity index is 1.91. The SMILES string of the molecule is O=C(NCc1cccs1)Nc1cccc(C(=O)O)c1. The molecular weight excluding hydrogens is 264 g/mol. The van der Waals surface area contributed by atoms with E-state index < -0.39 is 5.97 Å². The number of carbonyl (C=O) groups is 2. The number of aromatic carboxylic acids is 1. The molecule has 0 aliphatic heterocycles. The lowest BCUT2D eigenvalue weighted by molar-refractivity contribution is 0.0697. The fourth-order valence-electron chi connectivity index (χ4n) is 1.49. The van der Waals surface area contributed by atoms with E-state index in [0.29, 0.717) is 12.2 Å². The summed E-state index contributed by atoms with van der Waals surface area (Å²) in [6, 6.07) is 9.57. The lowest BCUT2D eigenvalue weighted by atomic mass is 10.2. The van der Waals surface area contributed by atoms with Gasteiger partial charge in [-0.3, -0.25) is 0 Å². The van der Waals surface area contributed by atoms with Crippen molar-refractivity contribution in [2.24, 2.45) is 0 Å². The largest absolute Gasteiger partial charge is 0.478 e. The zero-order chi connectivity index (χ0) is 13.7. The second-order valence-corrected chi connectivity index (χ2v) is 4.81. The molecule has 0 saturated carbocycles. The van der Waals surface area contributed by atoms with Crippen molar-refractivity contribution in [2.75, 3.05) is 5.32 Å². The van der Waals surface area contributed by atoms with Crippen molar-refractivity contribution >= 4 is 29.0 Å². The van der Waals surface area contributed by atoms with Crippen molar-refractivity contribution in [2.45, 2.75) is 6.54 Å². The molecule has 1 heterocycles. The number of amides is 2. The van der Waals surface area contributed by atoms with E-state index >= 15 is 0 Å². The van der Waals surface area contributed by atoms with Gasteiger partial charge in [0.05, 0.1) is 12.1 Å². The quantitative estimate of drug-likeness (QED) is 0.803. The van der Waals surface area contributed by atoms with Crippen LogP contribution >= 0.6 is 11.3 Å². The fourth-order valence-corrected chi connectivity index (χ4v) is 2.13. The standard InChI is InChI=1S/C13H12N2O3S/c16-12(17)9-3-1-4-10(7-9)15-13(18)14-8-11-5-2-6-19-11/h1-7H,8H2,(H,16,17)(H2,14,15,18). The van der Waals surface area contributed by atoms with Crippen LogP contribution in [0.2, 0.25) is 0 Å². The molecule has 0 radical (unpaired) electrons. The molecule has 98 valence electrons. The normalized spacial score (nSPS) is 9.89. The molecule has 19 heavy (non-hydrogen) atoms. The monoisotopic (exact) mass is 276 g/mol. The topological polar surface area (TPSA) is 78.4 Å². The first kappa shape index (κ1) is 13.1. The molecule has 2 amide bonds. The summed E-state index contributed by atoms with van der Waals surface area (Å²) >= 11 is 1.56. The molecule has 0 spiro atoms. The summed E-state index contributed by atoms with van der Waals surface area (Å²) in [5.41, 5.74) is 0.583. The molecule has 3 N–H and O–H groups in total. The minimum atomic E-state index is -1.03. The Morgan fingerprint density at radius 3 is 2.74 bits per heavy atom. The molecule has 0 fully saturated rings. The Morgan fingerprint density at radius 1 is 1.21 bits per heavy atom. The summed E-state index contributed by atoms with van der Waals surface area (Å²) in [5.74, 6) is -1.03. The van der Waals surface area contributed by atoms with Gasteiger partial charge < -0.3 is 15.7 Å². The number of benzene rings is 1. The van der Waals surface area contributed by atoms with Crippen LogP contribution in [0.1, 0.15) is 15.2 Å². The predicted octanol–water partition coefficient (Wildman–Crippen LogP) is 2.77. The van der Waals surface area contributed by atoms with Gasteiger partial charge in [-0.1, -0.05) is 12.1 Å². The highest BCUT2D eigenvalue weighted by atomic mass is 32.1. The summed E-state index contributed by atoms with van der Waals surface area (Å²) in [4.78, 5) is 23.5. The maximum Gasteiger partial charge on any atom is 0.335 e. The molecule has 0 aliphatic carbocycles. The van der Waals surface area contributed by atoms with Gasteiger partial charge in [-0.05, 0) is 29.6 Å². The molecule has 2 aromatic rings. The highest BCUT2D eigenvalue weighted by Crippen LogP contribution is 2.11. The van der Waals surface area contributed by atoms with Crippen LogP contribution in [-0.2, 0) is 6.54 Å². The van der Waals surface area contributed by atoms with Crippen LogP contribution in [0.15, 0.2) is 41.8 Å². The molecule has 0 atom stereocenters. The van der Waals surface area contributed by atoms with E-state index in [-0.39, 0.29) is 11.6 Å². The second-order valence-electron chi connectivity index (χ2n) is 3.77. The minimum Gasteiger partial charge on any atom is -0.478 e. The number of hydrogen-bond donors (Lipinski definition) is 3. The number of carboxylic acid groups (broad SMARTS) is 1. The number of carbonyl (C=O) groups excluding carboxylic acids is 1. The third-order valence-electron chi connectivity index (χ3n) is 2.37. The first-order chi connectivity index (χ1) is 9.15. The Kier molecular flexibility index (Phi) is 4.15. The average molecular weight is 276 g/mol. The molecule has 1 aromatic heterocycles. The number of thiophene rings is 1. The van der Waals surface area contributed by atoms with Gasteiger partial charge in [-0.15, -0.1) is 11.3 Å². The van der Waals surface area contributed by atoms with Crippen LogP contribution in [0.5, 0.6) is 0 Å². The van der Waals surface area contributed by atoms with Gasteiger partial charge in [0.2, 0.25) is 0 Å². The molecule has 0 unspecified atom stereocenters. The summed E-state index contributed by atoms with van der Waals surface area (Å²) in [6.07, 6.45) is 0. The lowest BCUT2D eigenvalue weighted by Crippen LogP contribution is -2.27. The number of hydrogen-bond acceptors (Lipinski definition) is 3. The van der Waals surface area contributed by atoms with E-state index in [1.165, 1.54) is 12.1 Å². The van der Waals surface area contributed by atoms with Gasteiger partial charge in [-0.25, -0.2) is 9.59 Å². The smallest absolute Gasteiger partial charge is 0.335 e. The summed E-state index contributed by atoms with van der Waals surface area (Å²) in [5, 5.41) is 16.1. The van der Waals surface area contributed by atoms with E-state index in [1.54, 1.807) is 23.5 Å². The Bertz CT molecular complexity index is 581. The zero-order valence-electron chi connectivity index (χ0n) is 9.92. The maximum absolute atomic E-state index is 11.6. The molecule has 0 saturated heterocycles. The van der Waals surface area contributed by atoms with Gasteiger partial charge in [0, 0.05) is 10.6 Å². The highest BCUT2D eigenvalue weighted by molar-refractivity contribution is 7.09. The Hall–Kier alpha value is -2.34. The second kappa shape index (κ2) is 6.01. The van der Waals surface area contributed by atoms with Crippen LogP contribution in [-0.4, -0.2) is 17.1 Å². The molecule has 0 aliphatic rings. The number of urea groups is 1. The minimum absolute atomic E-state index is 0.135. The third-order valence-corrected chi connectivity index (χ3v) is 3.25. The van der Waals surface area contributed by atoms with Crippen molar-refractivity contribution < 1.29 is 14.7 Å². The van der Waals surface area contributed by atoms with Crippen molar-refractivity contribution in [3.05, 3.63) is 52.2 Å². The summed E-state index contributed by atoms with van der Waals surface area (Å²) in [6.45, 7) is 0.447. The lowest BCUT2D eigenvalue weighted by Gasteiger charge is -2.07. The van der Waals surface area contributed by atoms with Crippen LogP contribution in [0.4, 0.5) is 10.5 Å². The van der Waals surface area contributed by atoms with E-state index in [9.17, 15) is 9.59 Å². The maximum atomic E-state index is 11.6. The first-order valence-corrected chi connectivity index (χ1v) is 6.44. The number of rotatable bonds is 4. The van der Waals surface area contributed by atoms with Crippen molar-refractivity contribution in [1.82, 2.24) is 5.32 Å². The van der Waals surface area contributed by atoms with E-state index in [2.05, 4.69) is 10.6 Å². The van der Waals surface area contributed by atoms with Crippen LogP contribution in [0.3, 0.4) is 0 Å². The van der Waals surface area contributed by atoms with Gasteiger partial charge in [0.25, 0.3) is 0 Å². The van der Waals surface area contributed by atoms with Crippen LogP contribution in [0, 0.1) is 0 Å². The van der Waals surface area contributed by atoms with Crippen molar-refractivity contribution in [3.63, 3.8) is 0 Å². The molecular formula is C13H12N2O3S. The molecule has 0 bridgehead atoms. The zero-order valence-corrected chi connectivity index (χ0v) is 10.7. The fraction of sp³-hybridized carbons (Fsp3) is 0.0769. The van der Waals surface area contributed by atoms with Crippen LogP contribution in [0.25, 0.3) is 0 Å². The molecule has 5 nitrogen and oxygen atoms in total. The van der Waals surface area contributed by atoms with Crippen molar-refractivity contribution in [1.29, 1.82) is 0 Å². The highest BCUT2D eigenvalue weighted by Gasteiger charge is 2.06. The average Bonchev–Trinajstić information content (AvgIpc) is 2.90. The predicted molar refractivity (Wildman–Crippen MR) is 73.6 cm³/mol. The number of carboxylic acids is 1.